The van der Waals surface area contributed by atoms with Crippen molar-refractivity contribution in [2.45, 2.75) is 26.2 Å². The minimum absolute atomic E-state index is 0.191. The van der Waals surface area contributed by atoms with Gasteiger partial charge < -0.3 is 4.74 Å². The summed E-state index contributed by atoms with van der Waals surface area (Å²) in [6.45, 7) is 6.66. The van der Waals surface area contributed by atoms with Gasteiger partial charge in [0.2, 0.25) is 5.88 Å². The molecule has 0 spiro atoms. The third-order valence-corrected chi connectivity index (χ3v) is 3.03. The quantitative estimate of drug-likeness (QED) is 0.791. The van der Waals surface area contributed by atoms with Crippen LogP contribution < -0.4 is 4.74 Å². The molecule has 0 unspecified atom stereocenters. The fraction of sp³-hybridized carbons (Fsp3) is 0.312. The smallest absolute Gasteiger partial charge is 0.212 e. The Hall–Kier alpha value is -1.83. The highest BCUT2D eigenvalue weighted by Gasteiger charge is 2.12. The number of nitrogens with zero attached hydrogens (tertiary/aromatic N) is 1. The largest absolute Gasteiger partial charge is 0.481 e. The SMILES string of the molecule is COc1ccc(-c2ccc(C(C)(C)C)cc2)cn1. The van der Waals surface area contributed by atoms with Gasteiger partial charge in [-0.1, -0.05) is 45.0 Å². The summed E-state index contributed by atoms with van der Waals surface area (Å²) in [6, 6.07) is 12.6. The Balaban J connectivity index is 2.28. The maximum absolute atomic E-state index is 5.06. The minimum Gasteiger partial charge on any atom is -0.481 e. The second-order valence-electron chi connectivity index (χ2n) is 5.42. The van der Waals surface area contributed by atoms with Crippen LogP contribution in [0.25, 0.3) is 11.1 Å². The molecule has 1 aromatic carbocycles. The van der Waals surface area contributed by atoms with Gasteiger partial charge in [-0.2, -0.15) is 0 Å². The summed E-state index contributed by atoms with van der Waals surface area (Å²) in [5, 5.41) is 0. The molecule has 2 heteroatoms. The average Bonchev–Trinajstić information content (AvgIpc) is 2.38. The van der Waals surface area contributed by atoms with Crippen LogP contribution >= 0.6 is 0 Å². The second kappa shape index (κ2) is 4.81. The van der Waals surface area contributed by atoms with Crippen LogP contribution in [0.1, 0.15) is 26.3 Å². The van der Waals surface area contributed by atoms with Crippen molar-refractivity contribution in [3.63, 3.8) is 0 Å². The fourth-order valence-electron chi connectivity index (χ4n) is 1.83. The molecule has 0 aliphatic carbocycles. The molecule has 2 nitrogen and oxygen atoms in total. The van der Waals surface area contributed by atoms with Crippen LogP contribution in [-0.2, 0) is 5.41 Å². The number of aromatic nitrogens is 1. The second-order valence-corrected chi connectivity index (χ2v) is 5.42. The van der Waals surface area contributed by atoms with Gasteiger partial charge >= 0.3 is 0 Å². The van der Waals surface area contributed by atoms with E-state index in [1.54, 1.807) is 7.11 Å². The summed E-state index contributed by atoms with van der Waals surface area (Å²) in [5.74, 6) is 0.644. The zero-order valence-corrected chi connectivity index (χ0v) is 11.4. The van der Waals surface area contributed by atoms with Crippen molar-refractivity contribution in [1.82, 2.24) is 4.98 Å². The number of hydrogen-bond donors (Lipinski definition) is 0. The van der Waals surface area contributed by atoms with E-state index in [1.165, 1.54) is 11.1 Å². The maximum atomic E-state index is 5.06. The van der Waals surface area contributed by atoms with Crippen LogP contribution in [0.5, 0.6) is 5.88 Å². The predicted molar refractivity (Wildman–Crippen MR) is 74.9 cm³/mol. The third kappa shape index (κ3) is 2.70. The fourth-order valence-corrected chi connectivity index (χ4v) is 1.83. The lowest BCUT2D eigenvalue weighted by Gasteiger charge is -2.19. The van der Waals surface area contributed by atoms with E-state index in [9.17, 15) is 0 Å². The lowest BCUT2D eigenvalue weighted by molar-refractivity contribution is 0.398. The predicted octanol–water partition coefficient (Wildman–Crippen LogP) is 4.05. The molecular formula is C16H19NO. The Kier molecular flexibility index (Phi) is 3.37. The summed E-state index contributed by atoms with van der Waals surface area (Å²) in [5.41, 5.74) is 3.82. The van der Waals surface area contributed by atoms with Gasteiger partial charge in [-0.25, -0.2) is 4.98 Å². The van der Waals surface area contributed by atoms with E-state index < -0.39 is 0 Å². The van der Waals surface area contributed by atoms with Crippen LogP contribution in [0, 0.1) is 0 Å². The van der Waals surface area contributed by atoms with E-state index in [4.69, 9.17) is 4.74 Å². The first-order valence-electron chi connectivity index (χ1n) is 6.11. The van der Waals surface area contributed by atoms with Gasteiger partial charge in [0.05, 0.1) is 7.11 Å². The summed E-state index contributed by atoms with van der Waals surface area (Å²) >= 11 is 0. The van der Waals surface area contributed by atoms with Gasteiger partial charge in [0.25, 0.3) is 0 Å². The first-order valence-corrected chi connectivity index (χ1v) is 6.11. The molecule has 1 heterocycles. The van der Waals surface area contributed by atoms with Crippen LogP contribution in [-0.4, -0.2) is 12.1 Å². The Bertz CT molecular complexity index is 506. The lowest BCUT2D eigenvalue weighted by Crippen LogP contribution is -2.10. The van der Waals surface area contributed by atoms with E-state index in [0.717, 1.165) is 5.56 Å². The minimum atomic E-state index is 0.191. The average molecular weight is 241 g/mol. The standard InChI is InChI=1S/C16H19NO/c1-16(2,3)14-8-5-12(6-9-14)13-7-10-15(18-4)17-11-13/h5-11H,1-4H3. The molecule has 94 valence electrons. The van der Waals surface area contributed by atoms with Gasteiger partial charge in [-0.05, 0) is 22.6 Å². The zero-order chi connectivity index (χ0) is 13.2. The zero-order valence-electron chi connectivity index (χ0n) is 11.4. The molecule has 0 atom stereocenters. The third-order valence-electron chi connectivity index (χ3n) is 3.03. The molecule has 0 radical (unpaired) electrons. The Labute approximate surface area is 109 Å². The topological polar surface area (TPSA) is 22.1 Å². The van der Waals surface area contributed by atoms with Gasteiger partial charge in [0.15, 0.2) is 0 Å². The molecule has 0 N–H and O–H groups in total. The Morgan fingerprint density at radius 3 is 1.94 bits per heavy atom. The van der Waals surface area contributed by atoms with Gasteiger partial charge in [-0.15, -0.1) is 0 Å². The van der Waals surface area contributed by atoms with Crippen LogP contribution in [0.4, 0.5) is 0 Å². The molecule has 0 saturated heterocycles. The van der Waals surface area contributed by atoms with Crippen molar-refractivity contribution < 1.29 is 4.74 Å². The molecular weight excluding hydrogens is 222 g/mol. The van der Waals surface area contributed by atoms with E-state index in [1.807, 2.05) is 18.3 Å². The molecule has 0 aliphatic rings. The first kappa shape index (κ1) is 12.6. The van der Waals surface area contributed by atoms with Crippen molar-refractivity contribution >= 4 is 0 Å². The Morgan fingerprint density at radius 2 is 1.50 bits per heavy atom. The number of ether oxygens (including phenoxy) is 1. The highest BCUT2D eigenvalue weighted by Crippen LogP contribution is 2.26. The molecule has 0 fully saturated rings. The van der Waals surface area contributed by atoms with E-state index >= 15 is 0 Å². The molecule has 2 aromatic rings. The number of rotatable bonds is 2. The molecule has 1 aromatic heterocycles. The molecule has 2 rings (SSSR count). The molecule has 0 amide bonds. The summed E-state index contributed by atoms with van der Waals surface area (Å²) in [4.78, 5) is 4.22. The van der Waals surface area contributed by atoms with Gasteiger partial charge in [-0.3, -0.25) is 0 Å². The summed E-state index contributed by atoms with van der Waals surface area (Å²) in [7, 11) is 1.63. The lowest BCUT2D eigenvalue weighted by atomic mass is 9.86. The molecule has 18 heavy (non-hydrogen) atoms. The van der Waals surface area contributed by atoms with E-state index in [0.29, 0.717) is 5.88 Å². The normalized spacial score (nSPS) is 11.3. The Morgan fingerprint density at radius 1 is 0.889 bits per heavy atom. The molecule has 0 bridgehead atoms. The van der Waals surface area contributed by atoms with Crippen LogP contribution in [0.2, 0.25) is 0 Å². The summed E-state index contributed by atoms with van der Waals surface area (Å²) in [6.07, 6.45) is 1.84. The van der Waals surface area contributed by atoms with E-state index in [-0.39, 0.29) is 5.41 Å². The van der Waals surface area contributed by atoms with Crippen LogP contribution in [0.3, 0.4) is 0 Å². The van der Waals surface area contributed by atoms with Crippen molar-refractivity contribution in [3.8, 4) is 17.0 Å². The van der Waals surface area contributed by atoms with Crippen molar-refractivity contribution in [1.29, 1.82) is 0 Å². The van der Waals surface area contributed by atoms with Gasteiger partial charge in [0, 0.05) is 17.8 Å². The first-order chi connectivity index (χ1) is 8.50. The number of hydrogen-bond acceptors (Lipinski definition) is 2. The number of pyridine rings is 1. The number of benzene rings is 1. The van der Waals surface area contributed by atoms with Crippen molar-refractivity contribution in [2.24, 2.45) is 0 Å². The van der Waals surface area contributed by atoms with Crippen molar-refractivity contribution in [2.75, 3.05) is 7.11 Å². The maximum Gasteiger partial charge on any atom is 0.212 e. The highest BCUT2D eigenvalue weighted by atomic mass is 16.5. The van der Waals surface area contributed by atoms with Gasteiger partial charge in [0.1, 0.15) is 0 Å². The summed E-state index contributed by atoms with van der Waals surface area (Å²) < 4.78 is 5.06. The molecule has 0 saturated carbocycles. The van der Waals surface area contributed by atoms with Crippen molar-refractivity contribution in [3.05, 3.63) is 48.2 Å². The van der Waals surface area contributed by atoms with E-state index in [2.05, 4.69) is 50.0 Å². The highest BCUT2D eigenvalue weighted by molar-refractivity contribution is 5.63. The number of methoxy groups -OCH3 is 1. The monoisotopic (exact) mass is 241 g/mol. The van der Waals surface area contributed by atoms with Crippen LogP contribution in [0.15, 0.2) is 42.6 Å². The molecule has 0 aliphatic heterocycles.